The number of hydrogen-bond donors (Lipinski definition) is 0. The molecule has 0 bridgehead atoms. The van der Waals surface area contributed by atoms with Crippen LogP contribution in [0.2, 0.25) is 10.0 Å². The molecule has 0 saturated heterocycles. The minimum Gasteiger partial charge on any atom is -0.497 e. The third-order valence-corrected chi connectivity index (χ3v) is 6.13. The van der Waals surface area contributed by atoms with Crippen LogP contribution in [0.5, 0.6) is 17.2 Å². The summed E-state index contributed by atoms with van der Waals surface area (Å²) >= 11 is 12.8. The van der Waals surface area contributed by atoms with E-state index in [0.29, 0.717) is 22.2 Å². The number of halogens is 2. The first-order valence-corrected chi connectivity index (χ1v) is 10.6. The third kappa shape index (κ3) is 3.58. The molecule has 2 atom stereocenters. The maximum absolute atomic E-state index is 6.53. The SMILES string of the molecule is COc1ccc(C2=NN3[C@@H](c4ccc(OC)cc4)Oc4c(Cl)cc(Cl)cc4[C@@H]3C2)cc1. The van der Waals surface area contributed by atoms with Gasteiger partial charge in [0.15, 0.2) is 0 Å². The molecule has 0 saturated carbocycles. The molecule has 5 rings (SSSR count). The van der Waals surface area contributed by atoms with Crippen molar-refractivity contribution in [3.63, 3.8) is 0 Å². The maximum atomic E-state index is 6.53. The number of ether oxygens (including phenoxy) is 3. The smallest absolute Gasteiger partial charge is 0.213 e. The summed E-state index contributed by atoms with van der Waals surface area (Å²) in [5, 5.41) is 8.03. The van der Waals surface area contributed by atoms with E-state index in [1.165, 1.54) is 0 Å². The molecule has 7 heteroatoms. The van der Waals surface area contributed by atoms with Crippen LogP contribution in [0.25, 0.3) is 0 Å². The topological polar surface area (TPSA) is 43.3 Å². The normalized spacial score (nSPS) is 19.2. The average molecular weight is 455 g/mol. The highest BCUT2D eigenvalue weighted by atomic mass is 35.5. The molecular weight excluding hydrogens is 435 g/mol. The van der Waals surface area contributed by atoms with E-state index >= 15 is 0 Å². The van der Waals surface area contributed by atoms with Crippen molar-refractivity contribution < 1.29 is 14.2 Å². The largest absolute Gasteiger partial charge is 0.497 e. The first-order chi connectivity index (χ1) is 15.1. The Morgan fingerprint density at radius 1 is 0.935 bits per heavy atom. The molecule has 5 nitrogen and oxygen atoms in total. The molecule has 0 amide bonds. The lowest BCUT2D eigenvalue weighted by atomic mass is 9.96. The van der Waals surface area contributed by atoms with Gasteiger partial charge in [-0.15, -0.1) is 0 Å². The quantitative estimate of drug-likeness (QED) is 0.466. The number of hydrazone groups is 1. The summed E-state index contributed by atoms with van der Waals surface area (Å²) in [6.45, 7) is 0. The minimum absolute atomic E-state index is 0.0378. The zero-order chi connectivity index (χ0) is 21.5. The Hall–Kier alpha value is -2.89. The van der Waals surface area contributed by atoms with Crippen LogP contribution in [0.15, 0.2) is 65.8 Å². The molecule has 0 radical (unpaired) electrons. The molecule has 31 heavy (non-hydrogen) atoms. The lowest BCUT2D eigenvalue weighted by molar-refractivity contribution is -0.0189. The van der Waals surface area contributed by atoms with Gasteiger partial charge in [0, 0.05) is 22.6 Å². The van der Waals surface area contributed by atoms with Crippen molar-refractivity contribution in [1.82, 2.24) is 5.01 Å². The van der Waals surface area contributed by atoms with Crippen LogP contribution in [0, 0.1) is 0 Å². The van der Waals surface area contributed by atoms with E-state index in [-0.39, 0.29) is 6.04 Å². The van der Waals surface area contributed by atoms with Gasteiger partial charge in [-0.3, -0.25) is 0 Å². The molecular formula is C24H20Cl2N2O3. The van der Waals surface area contributed by atoms with Crippen LogP contribution >= 0.6 is 23.2 Å². The monoisotopic (exact) mass is 454 g/mol. The molecule has 3 aromatic rings. The van der Waals surface area contributed by atoms with Gasteiger partial charge in [-0.25, -0.2) is 5.01 Å². The Kier molecular flexibility index (Phi) is 5.16. The van der Waals surface area contributed by atoms with Crippen LogP contribution in [-0.4, -0.2) is 24.9 Å². The van der Waals surface area contributed by atoms with E-state index in [4.69, 9.17) is 42.5 Å². The van der Waals surface area contributed by atoms with Gasteiger partial charge in [-0.2, -0.15) is 5.10 Å². The summed E-state index contributed by atoms with van der Waals surface area (Å²) in [5.41, 5.74) is 3.91. The second-order valence-corrected chi connectivity index (χ2v) is 8.27. The van der Waals surface area contributed by atoms with E-state index in [1.807, 2.05) is 59.6 Å². The fourth-order valence-corrected chi connectivity index (χ4v) is 4.61. The van der Waals surface area contributed by atoms with E-state index in [2.05, 4.69) is 0 Å². The Bertz CT molecular complexity index is 1150. The predicted molar refractivity (Wildman–Crippen MR) is 122 cm³/mol. The van der Waals surface area contributed by atoms with E-state index < -0.39 is 6.23 Å². The summed E-state index contributed by atoms with van der Waals surface area (Å²) in [6.07, 6.45) is 0.296. The number of benzene rings is 3. The molecule has 0 aromatic heterocycles. The molecule has 158 valence electrons. The van der Waals surface area contributed by atoms with Crippen molar-refractivity contribution in [2.45, 2.75) is 18.7 Å². The van der Waals surface area contributed by atoms with Crippen LogP contribution < -0.4 is 14.2 Å². The van der Waals surface area contributed by atoms with Gasteiger partial charge in [0.2, 0.25) is 6.23 Å². The van der Waals surface area contributed by atoms with Gasteiger partial charge in [-0.1, -0.05) is 23.2 Å². The van der Waals surface area contributed by atoms with Gasteiger partial charge in [0.25, 0.3) is 0 Å². The van der Waals surface area contributed by atoms with Crippen molar-refractivity contribution in [3.05, 3.63) is 87.4 Å². The first kappa shape index (κ1) is 20.0. The Labute approximate surface area is 190 Å². The highest BCUT2D eigenvalue weighted by molar-refractivity contribution is 6.35. The van der Waals surface area contributed by atoms with Gasteiger partial charge in [0.1, 0.15) is 17.2 Å². The van der Waals surface area contributed by atoms with E-state index in [1.54, 1.807) is 20.3 Å². The number of hydrogen-bond acceptors (Lipinski definition) is 5. The Morgan fingerprint density at radius 2 is 1.58 bits per heavy atom. The predicted octanol–water partition coefficient (Wildman–Crippen LogP) is 6.25. The first-order valence-electron chi connectivity index (χ1n) is 9.87. The summed E-state index contributed by atoms with van der Waals surface area (Å²) in [6, 6.07) is 19.3. The summed E-state index contributed by atoms with van der Waals surface area (Å²) in [7, 11) is 3.30. The zero-order valence-corrected chi connectivity index (χ0v) is 18.5. The summed E-state index contributed by atoms with van der Waals surface area (Å²) in [4.78, 5) is 0. The average Bonchev–Trinajstić information content (AvgIpc) is 3.25. The second-order valence-electron chi connectivity index (χ2n) is 7.42. The standard InChI is InChI=1S/C24H20Cl2N2O3/c1-29-17-7-3-14(4-8-17)21-13-22-19-11-16(25)12-20(26)23(19)31-24(28(22)27-21)15-5-9-18(30-2)10-6-15/h3-12,22,24H,13H2,1-2H3/t22-,24+/m0/s1. The van der Waals surface area contributed by atoms with E-state index in [0.717, 1.165) is 33.9 Å². The lowest BCUT2D eigenvalue weighted by Crippen LogP contribution is -2.33. The molecule has 2 aliphatic heterocycles. The molecule has 0 N–H and O–H groups in total. The van der Waals surface area contributed by atoms with Gasteiger partial charge in [-0.05, 0) is 66.2 Å². The van der Waals surface area contributed by atoms with Crippen molar-refractivity contribution in [3.8, 4) is 17.2 Å². The number of nitrogens with zero attached hydrogens (tertiary/aromatic N) is 2. The summed E-state index contributed by atoms with van der Waals surface area (Å²) < 4.78 is 17.0. The molecule has 2 heterocycles. The highest BCUT2D eigenvalue weighted by Gasteiger charge is 2.42. The number of rotatable bonds is 4. The number of methoxy groups -OCH3 is 2. The van der Waals surface area contributed by atoms with Crippen LogP contribution in [-0.2, 0) is 0 Å². The molecule has 0 unspecified atom stereocenters. The van der Waals surface area contributed by atoms with Crippen molar-refractivity contribution >= 4 is 28.9 Å². The van der Waals surface area contributed by atoms with Gasteiger partial charge >= 0.3 is 0 Å². The fourth-order valence-electron chi connectivity index (χ4n) is 4.06. The van der Waals surface area contributed by atoms with Gasteiger partial charge in [0.05, 0.1) is 31.0 Å². The van der Waals surface area contributed by atoms with Crippen LogP contribution in [0.1, 0.15) is 35.4 Å². The van der Waals surface area contributed by atoms with E-state index in [9.17, 15) is 0 Å². The van der Waals surface area contributed by atoms with Crippen molar-refractivity contribution in [2.24, 2.45) is 5.10 Å². The molecule has 3 aromatic carbocycles. The number of fused-ring (bicyclic) bond motifs is 3. The second kappa shape index (κ2) is 7.98. The molecule has 0 fully saturated rings. The fraction of sp³-hybridized carbons (Fsp3) is 0.208. The molecule has 0 aliphatic carbocycles. The van der Waals surface area contributed by atoms with Gasteiger partial charge < -0.3 is 14.2 Å². The Morgan fingerprint density at radius 3 is 2.23 bits per heavy atom. The maximum Gasteiger partial charge on any atom is 0.213 e. The molecule has 2 aliphatic rings. The van der Waals surface area contributed by atoms with Crippen LogP contribution in [0.3, 0.4) is 0 Å². The minimum atomic E-state index is -0.419. The third-order valence-electron chi connectivity index (χ3n) is 5.63. The lowest BCUT2D eigenvalue weighted by Gasteiger charge is -2.38. The molecule has 0 spiro atoms. The highest BCUT2D eigenvalue weighted by Crippen LogP contribution is 2.50. The Balaban J connectivity index is 1.58. The van der Waals surface area contributed by atoms with Crippen LogP contribution in [0.4, 0.5) is 0 Å². The van der Waals surface area contributed by atoms with Crippen molar-refractivity contribution in [1.29, 1.82) is 0 Å². The van der Waals surface area contributed by atoms with Crippen molar-refractivity contribution in [2.75, 3.05) is 14.2 Å². The summed E-state index contributed by atoms with van der Waals surface area (Å²) in [5.74, 6) is 2.24. The zero-order valence-electron chi connectivity index (χ0n) is 17.0.